The molecular weight excluding hydrogens is 224 g/mol. The van der Waals surface area contributed by atoms with Crippen molar-refractivity contribution in [3.8, 4) is 0 Å². The zero-order chi connectivity index (χ0) is 12.2. The highest BCUT2D eigenvalue weighted by Gasteiger charge is 2.21. The Bertz CT molecular complexity index is 381. The second kappa shape index (κ2) is 5.55. The van der Waals surface area contributed by atoms with Gasteiger partial charge in [0.2, 0.25) is 0 Å². The molecule has 2 aliphatic carbocycles. The van der Waals surface area contributed by atoms with Gasteiger partial charge >= 0.3 is 0 Å². The maximum Gasteiger partial charge on any atom is 0.131 e. The third kappa shape index (κ3) is 3.34. The van der Waals surface area contributed by atoms with E-state index in [1.54, 1.807) is 6.33 Å². The molecule has 1 heterocycles. The minimum Gasteiger partial charge on any atom is -0.367 e. The molecule has 0 bridgehead atoms. The normalized spacial score (nSPS) is 21.3. The molecule has 18 heavy (non-hydrogen) atoms. The van der Waals surface area contributed by atoms with Gasteiger partial charge in [0, 0.05) is 18.2 Å². The van der Waals surface area contributed by atoms with Crippen molar-refractivity contribution in [3.63, 3.8) is 0 Å². The van der Waals surface area contributed by atoms with Gasteiger partial charge in [-0.05, 0) is 25.7 Å². The van der Waals surface area contributed by atoms with E-state index in [1.807, 2.05) is 6.07 Å². The van der Waals surface area contributed by atoms with Crippen LogP contribution in [0.1, 0.15) is 51.4 Å². The van der Waals surface area contributed by atoms with Crippen molar-refractivity contribution in [2.24, 2.45) is 0 Å². The Labute approximate surface area is 109 Å². The fraction of sp³-hybridized carbons (Fsp3) is 0.714. The van der Waals surface area contributed by atoms with Crippen molar-refractivity contribution in [1.82, 2.24) is 9.97 Å². The minimum atomic E-state index is 0.594. The summed E-state index contributed by atoms with van der Waals surface area (Å²) in [6.45, 7) is 0. The molecule has 0 radical (unpaired) electrons. The van der Waals surface area contributed by atoms with Gasteiger partial charge in [-0.3, -0.25) is 0 Å². The van der Waals surface area contributed by atoms with Crippen LogP contribution in [0, 0.1) is 0 Å². The molecule has 1 aromatic rings. The van der Waals surface area contributed by atoms with Crippen molar-refractivity contribution in [2.75, 3.05) is 10.6 Å². The molecule has 0 aliphatic heterocycles. The molecule has 0 atom stereocenters. The highest BCUT2D eigenvalue weighted by molar-refractivity contribution is 5.48. The molecule has 0 saturated heterocycles. The fourth-order valence-electron chi connectivity index (χ4n) is 2.58. The number of hydrogen-bond acceptors (Lipinski definition) is 4. The van der Waals surface area contributed by atoms with E-state index < -0.39 is 0 Å². The van der Waals surface area contributed by atoms with Gasteiger partial charge in [-0.2, -0.15) is 0 Å². The van der Waals surface area contributed by atoms with Crippen LogP contribution in [0.4, 0.5) is 11.6 Å². The van der Waals surface area contributed by atoms with E-state index in [1.165, 1.54) is 51.4 Å². The van der Waals surface area contributed by atoms with Crippen LogP contribution < -0.4 is 10.6 Å². The van der Waals surface area contributed by atoms with Gasteiger partial charge in [-0.25, -0.2) is 9.97 Å². The first-order valence-corrected chi connectivity index (χ1v) is 7.25. The zero-order valence-electron chi connectivity index (χ0n) is 10.9. The summed E-state index contributed by atoms with van der Waals surface area (Å²) in [4.78, 5) is 8.60. The maximum absolute atomic E-state index is 4.33. The first kappa shape index (κ1) is 11.8. The number of rotatable bonds is 4. The second-order valence-electron chi connectivity index (χ2n) is 5.54. The van der Waals surface area contributed by atoms with Crippen LogP contribution >= 0.6 is 0 Å². The monoisotopic (exact) mass is 246 g/mol. The Morgan fingerprint density at radius 2 is 1.33 bits per heavy atom. The molecular formula is C14H22N4. The summed E-state index contributed by atoms with van der Waals surface area (Å²) < 4.78 is 0. The summed E-state index contributed by atoms with van der Waals surface area (Å²) in [5, 5.41) is 6.98. The summed E-state index contributed by atoms with van der Waals surface area (Å²) in [6, 6.07) is 3.28. The smallest absolute Gasteiger partial charge is 0.131 e. The molecule has 2 fully saturated rings. The van der Waals surface area contributed by atoms with E-state index in [0.29, 0.717) is 12.1 Å². The fourth-order valence-corrected chi connectivity index (χ4v) is 2.58. The molecule has 0 unspecified atom stereocenters. The Morgan fingerprint density at radius 3 is 1.89 bits per heavy atom. The number of hydrogen-bond donors (Lipinski definition) is 2. The number of nitrogens with zero attached hydrogens (tertiary/aromatic N) is 2. The number of anilines is 2. The summed E-state index contributed by atoms with van der Waals surface area (Å²) in [5.74, 6) is 1.93. The zero-order valence-corrected chi connectivity index (χ0v) is 10.9. The van der Waals surface area contributed by atoms with Crippen LogP contribution in [0.5, 0.6) is 0 Å². The Hall–Kier alpha value is -1.32. The molecule has 0 spiro atoms. The van der Waals surface area contributed by atoms with Crippen molar-refractivity contribution < 1.29 is 0 Å². The van der Waals surface area contributed by atoms with Gasteiger partial charge in [0.1, 0.15) is 18.0 Å². The highest BCUT2D eigenvalue weighted by Crippen LogP contribution is 2.25. The minimum absolute atomic E-state index is 0.594. The van der Waals surface area contributed by atoms with E-state index >= 15 is 0 Å². The first-order valence-electron chi connectivity index (χ1n) is 7.25. The van der Waals surface area contributed by atoms with E-state index in [2.05, 4.69) is 20.6 Å². The average Bonchev–Trinajstić information content (AvgIpc) is 3.18. The summed E-state index contributed by atoms with van der Waals surface area (Å²) >= 11 is 0. The van der Waals surface area contributed by atoms with Gasteiger partial charge in [-0.1, -0.05) is 25.7 Å². The largest absolute Gasteiger partial charge is 0.367 e. The van der Waals surface area contributed by atoms with Gasteiger partial charge < -0.3 is 10.6 Å². The third-order valence-electron chi connectivity index (χ3n) is 3.80. The molecule has 2 aliphatic rings. The third-order valence-corrected chi connectivity index (χ3v) is 3.80. The summed E-state index contributed by atoms with van der Waals surface area (Å²) in [5.41, 5.74) is 0. The van der Waals surface area contributed by atoms with Crippen LogP contribution in [0.3, 0.4) is 0 Å². The van der Waals surface area contributed by atoms with Crippen molar-refractivity contribution in [1.29, 1.82) is 0 Å². The predicted molar refractivity (Wildman–Crippen MR) is 73.8 cm³/mol. The molecule has 2 saturated carbocycles. The molecule has 1 aromatic heterocycles. The van der Waals surface area contributed by atoms with Crippen LogP contribution in [-0.4, -0.2) is 22.1 Å². The Balaban J connectivity index is 1.59. The lowest BCUT2D eigenvalue weighted by molar-refractivity contribution is 0.617. The second-order valence-corrected chi connectivity index (χ2v) is 5.54. The molecule has 98 valence electrons. The van der Waals surface area contributed by atoms with Crippen LogP contribution in [0.15, 0.2) is 12.4 Å². The van der Waals surface area contributed by atoms with E-state index in [9.17, 15) is 0 Å². The molecule has 2 N–H and O–H groups in total. The topological polar surface area (TPSA) is 49.8 Å². The average molecular weight is 246 g/mol. The maximum atomic E-state index is 4.33. The predicted octanol–water partition coefficient (Wildman–Crippen LogP) is 3.19. The van der Waals surface area contributed by atoms with Gasteiger partial charge in [0.05, 0.1) is 0 Å². The van der Waals surface area contributed by atoms with Crippen LogP contribution in [-0.2, 0) is 0 Å². The quantitative estimate of drug-likeness (QED) is 0.801. The SMILES string of the molecule is c1nc(NC2CCCCCC2)cc(NC2CC2)n1. The van der Waals surface area contributed by atoms with E-state index in [-0.39, 0.29) is 0 Å². The molecule has 4 heteroatoms. The summed E-state index contributed by atoms with van der Waals surface area (Å²) in [6.07, 6.45) is 12.2. The van der Waals surface area contributed by atoms with Crippen molar-refractivity contribution in [3.05, 3.63) is 12.4 Å². The Morgan fingerprint density at radius 1 is 0.778 bits per heavy atom. The van der Waals surface area contributed by atoms with Crippen LogP contribution in [0.25, 0.3) is 0 Å². The van der Waals surface area contributed by atoms with Gasteiger partial charge in [0.25, 0.3) is 0 Å². The number of aromatic nitrogens is 2. The lowest BCUT2D eigenvalue weighted by Crippen LogP contribution is -2.19. The Kier molecular flexibility index (Phi) is 3.62. The highest BCUT2D eigenvalue weighted by atomic mass is 15.1. The first-order chi connectivity index (χ1) is 8.90. The number of nitrogens with one attached hydrogen (secondary N) is 2. The van der Waals surface area contributed by atoms with Gasteiger partial charge in [0.15, 0.2) is 0 Å². The molecule has 0 amide bonds. The lowest BCUT2D eigenvalue weighted by Gasteiger charge is -2.17. The summed E-state index contributed by atoms with van der Waals surface area (Å²) in [7, 11) is 0. The van der Waals surface area contributed by atoms with Crippen molar-refractivity contribution in [2.45, 2.75) is 63.5 Å². The van der Waals surface area contributed by atoms with Gasteiger partial charge in [-0.15, -0.1) is 0 Å². The molecule has 4 nitrogen and oxygen atoms in total. The van der Waals surface area contributed by atoms with E-state index in [0.717, 1.165) is 11.6 Å². The van der Waals surface area contributed by atoms with Crippen molar-refractivity contribution >= 4 is 11.6 Å². The van der Waals surface area contributed by atoms with Crippen LogP contribution in [0.2, 0.25) is 0 Å². The lowest BCUT2D eigenvalue weighted by atomic mass is 10.1. The van der Waals surface area contributed by atoms with E-state index in [4.69, 9.17) is 0 Å². The molecule has 3 rings (SSSR count). The standard InChI is InChI=1S/C14H22N4/c1-2-4-6-11(5-3-1)17-13-9-14(16-10-15-13)18-12-7-8-12/h9-12H,1-8H2,(H2,15,16,17,18). The molecule has 0 aromatic carbocycles.